The Balaban J connectivity index is 1.14. The number of para-hydroxylation sites is 4. The van der Waals surface area contributed by atoms with E-state index in [4.69, 9.17) is 0 Å². The molecule has 0 amide bonds. The molecule has 0 atom stereocenters. The van der Waals surface area contributed by atoms with Crippen molar-refractivity contribution in [2.45, 2.75) is 0 Å². The van der Waals surface area contributed by atoms with Crippen molar-refractivity contribution in [3.05, 3.63) is 206 Å². The first-order valence-corrected chi connectivity index (χ1v) is 18.6. The maximum absolute atomic E-state index is 2.46. The molecule has 0 bridgehead atoms. The molecule has 252 valence electrons. The molecule has 11 aromatic rings. The minimum atomic E-state index is 1.17. The zero-order valence-electron chi connectivity index (χ0n) is 29.5. The number of benzene rings is 9. The second-order valence-electron chi connectivity index (χ2n) is 14.1. The number of fused-ring (bicyclic) bond motifs is 7. The summed E-state index contributed by atoms with van der Waals surface area (Å²) >= 11 is 0. The fraction of sp³-hybridized carbons (Fsp3) is 0. The standard InChI is InChI=1S/C52H34N2/c1-2-15-36(16-3-1)41-18-6-10-22-47(41)53-49-24-12-8-20-43(49)45-30-28-38(33-51(45)53)39-29-31-46-44-21-9-13-25-50(44)54(52(46)34-39)48-23-11-7-19-42(48)40-27-26-35-14-4-5-17-37(35)32-40/h1-34H. The lowest BCUT2D eigenvalue weighted by Crippen LogP contribution is -1.98. The van der Waals surface area contributed by atoms with E-state index in [1.165, 1.54) is 99.1 Å². The summed E-state index contributed by atoms with van der Waals surface area (Å²) < 4.78 is 4.91. The van der Waals surface area contributed by atoms with Gasteiger partial charge in [-0.15, -0.1) is 0 Å². The average Bonchev–Trinajstić information content (AvgIpc) is 3.76. The third kappa shape index (κ3) is 4.74. The molecule has 0 radical (unpaired) electrons. The number of nitrogens with zero attached hydrogens (tertiary/aromatic N) is 2. The Kier molecular flexibility index (Phi) is 6.90. The van der Waals surface area contributed by atoms with Crippen molar-refractivity contribution >= 4 is 54.4 Å². The van der Waals surface area contributed by atoms with Crippen LogP contribution in [0.15, 0.2) is 206 Å². The van der Waals surface area contributed by atoms with Crippen LogP contribution in [0.2, 0.25) is 0 Å². The van der Waals surface area contributed by atoms with Crippen LogP contribution in [0.1, 0.15) is 0 Å². The van der Waals surface area contributed by atoms with Gasteiger partial charge in [-0.25, -0.2) is 0 Å². The van der Waals surface area contributed by atoms with Crippen LogP contribution in [-0.2, 0) is 0 Å². The Morgan fingerprint density at radius 3 is 1.30 bits per heavy atom. The van der Waals surface area contributed by atoms with Crippen LogP contribution in [0, 0.1) is 0 Å². The van der Waals surface area contributed by atoms with E-state index in [2.05, 4.69) is 215 Å². The summed E-state index contributed by atoms with van der Waals surface area (Å²) in [4.78, 5) is 0. The first-order valence-electron chi connectivity index (χ1n) is 18.6. The van der Waals surface area contributed by atoms with Crippen LogP contribution in [0.5, 0.6) is 0 Å². The first-order chi connectivity index (χ1) is 26.8. The lowest BCUT2D eigenvalue weighted by atomic mass is 9.99. The van der Waals surface area contributed by atoms with Gasteiger partial charge in [0.2, 0.25) is 0 Å². The van der Waals surface area contributed by atoms with Crippen molar-refractivity contribution in [3.8, 4) is 44.8 Å². The largest absolute Gasteiger partial charge is 0.309 e. The Morgan fingerprint density at radius 2 is 0.685 bits per heavy atom. The highest BCUT2D eigenvalue weighted by Crippen LogP contribution is 2.41. The fourth-order valence-corrected chi connectivity index (χ4v) is 8.62. The van der Waals surface area contributed by atoms with Gasteiger partial charge in [-0.3, -0.25) is 0 Å². The molecule has 0 unspecified atom stereocenters. The molecule has 0 spiro atoms. The van der Waals surface area contributed by atoms with E-state index in [0.29, 0.717) is 0 Å². The molecule has 0 saturated heterocycles. The van der Waals surface area contributed by atoms with Gasteiger partial charge in [-0.05, 0) is 75.5 Å². The van der Waals surface area contributed by atoms with Gasteiger partial charge in [0.25, 0.3) is 0 Å². The van der Waals surface area contributed by atoms with Crippen molar-refractivity contribution < 1.29 is 0 Å². The summed E-state index contributed by atoms with van der Waals surface area (Å²) in [5.41, 5.74) is 14.3. The van der Waals surface area contributed by atoms with Gasteiger partial charge in [0, 0.05) is 32.7 Å². The van der Waals surface area contributed by atoms with Gasteiger partial charge in [0.05, 0.1) is 33.4 Å². The molecule has 0 aliphatic carbocycles. The average molecular weight is 687 g/mol. The predicted octanol–water partition coefficient (Wildman–Crippen LogP) is 14.0. The summed E-state index contributed by atoms with van der Waals surface area (Å²) in [6.45, 7) is 0. The van der Waals surface area contributed by atoms with E-state index in [-0.39, 0.29) is 0 Å². The minimum Gasteiger partial charge on any atom is -0.309 e. The summed E-state index contributed by atoms with van der Waals surface area (Å²) in [6.07, 6.45) is 0. The molecule has 11 rings (SSSR count). The fourth-order valence-electron chi connectivity index (χ4n) is 8.62. The first kappa shape index (κ1) is 30.5. The Hall–Kier alpha value is -7.16. The second-order valence-corrected chi connectivity index (χ2v) is 14.1. The smallest absolute Gasteiger partial charge is 0.0547 e. The zero-order chi connectivity index (χ0) is 35.6. The van der Waals surface area contributed by atoms with Crippen LogP contribution < -0.4 is 0 Å². The molecule has 0 saturated carbocycles. The van der Waals surface area contributed by atoms with Crippen LogP contribution >= 0.6 is 0 Å². The van der Waals surface area contributed by atoms with Crippen molar-refractivity contribution in [1.29, 1.82) is 0 Å². The summed E-state index contributed by atoms with van der Waals surface area (Å²) in [7, 11) is 0. The highest BCUT2D eigenvalue weighted by Gasteiger charge is 2.19. The van der Waals surface area contributed by atoms with E-state index in [0.717, 1.165) is 0 Å². The molecular formula is C52H34N2. The molecular weight excluding hydrogens is 653 g/mol. The van der Waals surface area contributed by atoms with Crippen molar-refractivity contribution in [2.24, 2.45) is 0 Å². The third-order valence-corrected chi connectivity index (χ3v) is 11.1. The van der Waals surface area contributed by atoms with E-state index in [1.54, 1.807) is 0 Å². The second kappa shape index (κ2) is 12.2. The van der Waals surface area contributed by atoms with Gasteiger partial charge in [0.1, 0.15) is 0 Å². The number of aromatic nitrogens is 2. The zero-order valence-corrected chi connectivity index (χ0v) is 29.5. The highest BCUT2D eigenvalue weighted by atomic mass is 15.0. The Morgan fingerprint density at radius 1 is 0.241 bits per heavy atom. The summed E-state index contributed by atoms with van der Waals surface area (Å²) in [6, 6.07) is 75.3. The van der Waals surface area contributed by atoms with Crippen LogP contribution in [0.3, 0.4) is 0 Å². The predicted molar refractivity (Wildman–Crippen MR) is 229 cm³/mol. The van der Waals surface area contributed by atoms with Crippen molar-refractivity contribution in [2.75, 3.05) is 0 Å². The molecule has 9 aromatic carbocycles. The monoisotopic (exact) mass is 686 g/mol. The summed E-state index contributed by atoms with van der Waals surface area (Å²) in [5.74, 6) is 0. The van der Waals surface area contributed by atoms with Crippen LogP contribution in [-0.4, -0.2) is 9.13 Å². The molecule has 2 aromatic heterocycles. The molecule has 2 heteroatoms. The van der Waals surface area contributed by atoms with Gasteiger partial charge >= 0.3 is 0 Å². The lowest BCUT2D eigenvalue weighted by molar-refractivity contribution is 1.18. The molecule has 2 heterocycles. The summed E-state index contributed by atoms with van der Waals surface area (Å²) in [5, 5.41) is 7.49. The van der Waals surface area contributed by atoms with Crippen molar-refractivity contribution in [3.63, 3.8) is 0 Å². The minimum absolute atomic E-state index is 1.17. The van der Waals surface area contributed by atoms with E-state index >= 15 is 0 Å². The number of rotatable bonds is 5. The molecule has 0 N–H and O–H groups in total. The number of hydrogen-bond donors (Lipinski definition) is 0. The van der Waals surface area contributed by atoms with Crippen LogP contribution in [0.25, 0.3) is 99.1 Å². The van der Waals surface area contributed by atoms with Gasteiger partial charge in [-0.2, -0.15) is 0 Å². The van der Waals surface area contributed by atoms with Crippen LogP contribution in [0.4, 0.5) is 0 Å². The molecule has 0 fully saturated rings. The quantitative estimate of drug-likeness (QED) is 0.171. The molecule has 0 aliphatic heterocycles. The van der Waals surface area contributed by atoms with Gasteiger partial charge < -0.3 is 9.13 Å². The number of hydrogen-bond acceptors (Lipinski definition) is 0. The maximum Gasteiger partial charge on any atom is 0.0547 e. The lowest BCUT2D eigenvalue weighted by Gasteiger charge is -2.15. The Labute approximate surface area is 313 Å². The Bertz CT molecular complexity index is 3220. The molecule has 54 heavy (non-hydrogen) atoms. The van der Waals surface area contributed by atoms with Gasteiger partial charge in [0.15, 0.2) is 0 Å². The normalized spacial score (nSPS) is 11.7. The van der Waals surface area contributed by atoms with E-state index in [1.807, 2.05) is 0 Å². The van der Waals surface area contributed by atoms with Gasteiger partial charge in [-0.1, -0.05) is 164 Å². The SMILES string of the molecule is c1ccc(-c2ccccc2-n2c3ccccc3c3ccc(-c4ccc5c6ccccc6n(-c6ccccc6-c6ccc7ccccc7c6)c5c4)cc32)cc1. The third-order valence-electron chi connectivity index (χ3n) is 11.1. The topological polar surface area (TPSA) is 9.86 Å². The molecule has 2 nitrogen and oxygen atoms in total. The van der Waals surface area contributed by atoms with E-state index < -0.39 is 0 Å². The van der Waals surface area contributed by atoms with E-state index in [9.17, 15) is 0 Å². The highest BCUT2D eigenvalue weighted by molar-refractivity contribution is 6.13. The molecule has 0 aliphatic rings. The van der Waals surface area contributed by atoms with Crippen molar-refractivity contribution in [1.82, 2.24) is 9.13 Å². The maximum atomic E-state index is 2.46.